The monoisotopic (exact) mass is 446 g/mol. The fourth-order valence-corrected chi connectivity index (χ4v) is 9.70. The second kappa shape index (κ2) is 9.00. The standard InChI is InChI=1S/C29H50O3/c1-7-19(17(2)3)9-8-18(4)27-25(31)15-24-22-11-10-20-14-21(30)12-13-28(20,5)23(22)16-26(32)29(24,27)6/h18-27,30-32H,2,7-16H2,1,3-6H3/t18-,19+,20+,21-,22-,23+,24+,25-,26+,27+,28+,29-/m1/s1. The van der Waals surface area contributed by atoms with Crippen LogP contribution in [0, 0.1) is 52.3 Å². The summed E-state index contributed by atoms with van der Waals surface area (Å²) in [5.74, 6) is 3.34. The van der Waals surface area contributed by atoms with Crippen LogP contribution in [0.15, 0.2) is 12.2 Å². The highest BCUT2D eigenvalue weighted by atomic mass is 16.3. The summed E-state index contributed by atoms with van der Waals surface area (Å²) in [6.45, 7) is 15.7. The van der Waals surface area contributed by atoms with Gasteiger partial charge in [-0.05, 0) is 118 Å². The van der Waals surface area contributed by atoms with Crippen molar-refractivity contribution in [1.29, 1.82) is 0 Å². The minimum absolute atomic E-state index is 0.131. The summed E-state index contributed by atoms with van der Waals surface area (Å²) in [5.41, 5.74) is 1.34. The molecule has 4 rings (SSSR count). The highest BCUT2D eigenvalue weighted by Crippen LogP contribution is 2.68. The van der Waals surface area contributed by atoms with Crippen LogP contribution in [0.1, 0.15) is 98.8 Å². The van der Waals surface area contributed by atoms with Gasteiger partial charge in [-0.15, -0.1) is 0 Å². The van der Waals surface area contributed by atoms with Crippen molar-refractivity contribution in [2.75, 3.05) is 0 Å². The van der Waals surface area contributed by atoms with Crippen molar-refractivity contribution < 1.29 is 15.3 Å². The van der Waals surface area contributed by atoms with Crippen molar-refractivity contribution in [3.8, 4) is 0 Å². The van der Waals surface area contributed by atoms with E-state index in [9.17, 15) is 15.3 Å². The molecule has 4 fully saturated rings. The van der Waals surface area contributed by atoms with E-state index in [1.54, 1.807) is 0 Å². The maximum absolute atomic E-state index is 11.7. The highest BCUT2D eigenvalue weighted by Gasteiger charge is 2.65. The van der Waals surface area contributed by atoms with Gasteiger partial charge in [0.2, 0.25) is 0 Å². The third kappa shape index (κ3) is 3.83. The molecule has 3 N–H and O–H groups in total. The number of rotatable bonds is 6. The zero-order chi connectivity index (χ0) is 23.4. The van der Waals surface area contributed by atoms with Gasteiger partial charge in [-0.1, -0.05) is 39.8 Å². The van der Waals surface area contributed by atoms with Crippen LogP contribution in [-0.2, 0) is 0 Å². The summed E-state index contributed by atoms with van der Waals surface area (Å²) in [7, 11) is 0. The first-order valence-corrected chi connectivity index (χ1v) is 13.7. The van der Waals surface area contributed by atoms with E-state index in [0.717, 1.165) is 51.4 Å². The Morgan fingerprint density at radius 2 is 1.72 bits per heavy atom. The number of fused-ring (bicyclic) bond motifs is 5. The Morgan fingerprint density at radius 3 is 2.38 bits per heavy atom. The fraction of sp³-hybridized carbons (Fsp3) is 0.931. The highest BCUT2D eigenvalue weighted by molar-refractivity contribution is 5.14. The molecule has 0 spiro atoms. The maximum atomic E-state index is 11.7. The smallest absolute Gasteiger partial charge is 0.0603 e. The average Bonchev–Trinajstić information content (AvgIpc) is 3.01. The Kier molecular flexibility index (Phi) is 6.96. The van der Waals surface area contributed by atoms with Gasteiger partial charge in [-0.3, -0.25) is 0 Å². The summed E-state index contributed by atoms with van der Waals surface area (Å²) in [5, 5.41) is 33.4. The first-order valence-electron chi connectivity index (χ1n) is 13.7. The molecule has 0 aliphatic heterocycles. The van der Waals surface area contributed by atoms with Crippen LogP contribution in [0.3, 0.4) is 0 Å². The Morgan fingerprint density at radius 1 is 1.00 bits per heavy atom. The van der Waals surface area contributed by atoms with Gasteiger partial charge in [0.25, 0.3) is 0 Å². The lowest BCUT2D eigenvalue weighted by Gasteiger charge is -2.62. The maximum Gasteiger partial charge on any atom is 0.0603 e. The molecule has 0 aromatic heterocycles. The van der Waals surface area contributed by atoms with Crippen molar-refractivity contribution in [3.05, 3.63) is 12.2 Å². The average molecular weight is 447 g/mol. The second-order valence-corrected chi connectivity index (χ2v) is 13.0. The zero-order valence-electron chi connectivity index (χ0n) is 21.4. The topological polar surface area (TPSA) is 60.7 Å². The van der Waals surface area contributed by atoms with Gasteiger partial charge in [0.05, 0.1) is 18.3 Å². The van der Waals surface area contributed by atoms with Gasteiger partial charge in [0, 0.05) is 5.41 Å². The van der Waals surface area contributed by atoms with Gasteiger partial charge in [0.1, 0.15) is 0 Å². The van der Waals surface area contributed by atoms with Crippen LogP contribution in [0.2, 0.25) is 0 Å². The summed E-state index contributed by atoms with van der Waals surface area (Å²) >= 11 is 0. The molecule has 0 saturated heterocycles. The van der Waals surface area contributed by atoms with E-state index >= 15 is 0 Å². The molecule has 0 unspecified atom stereocenters. The molecule has 12 atom stereocenters. The summed E-state index contributed by atoms with van der Waals surface area (Å²) in [6.07, 6.45) is 9.76. The summed E-state index contributed by atoms with van der Waals surface area (Å²) < 4.78 is 0. The largest absolute Gasteiger partial charge is 0.393 e. The van der Waals surface area contributed by atoms with Crippen LogP contribution in [-0.4, -0.2) is 33.6 Å². The first-order chi connectivity index (χ1) is 15.0. The minimum atomic E-state index is -0.330. The SMILES string of the molecule is C=C(C)[C@@H](CC)CC[C@@H](C)[C@H]1[C@H](O)C[C@H]2[C@@H]3CC[C@H]4C[C@H](O)CC[C@]4(C)[C@H]3C[C@H](O)[C@]12C. The van der Waals surface area contributed by atoms with E-state index in [4.69, 9.17) is 0 Å². The lowest BCUT2D eigenvalue weighted by molar-refractivity contribution is -0.176. The van der Waals surface area contributed by atoms with E-state index in [-0.39, 0.29) is 35.1 Å². The Labute approximate surface area is 197 Å². The number of aliphatic hydroxyl groups is 3. The normalized spacial score (nSPS) is 50.1. The number of hydrogen-bond acceptors (Lipinski definition) is 3. The molecule has 0 amide bonds. The van der Waals surface area contributed by atoms with E-state index in [1.807, 2.05) is 0 Å². The summed E-state index contributed by atoms with van der Waals surface area (Å²) in [4.78, 5) is 0. The molecule has 32 heavy (non-hydrogen) atoms. The van der Waals surface area contributed by atoms with Gasteiger partial charge in [-0.25, -0.2) is 0 Å². The third-order valence-corrected chi connectivity index (χ3v) is 11.6. The van der Waals surface area contributed by atoms with Gasteiger partial charge < -0.3 is 15.3 Å². The van der Waals surface area contributed by atoms with E-state index in [2.05, 4.69) is 41.2 Å². The summed E-state index contributed by atoms with van der Waals surface area (Å²) in [6, 6.07) is 0. The van der Waals surface area contributed by atoms with Crippen molar-refractivity contribution in [2.24, 2.45) is 52.3 Å². The van der Waals surface area contributed by atoms with Crippen LogP contribution >= 0.6 is 0 Å². The molecule has 4 saturated carbocycles. The predicted octanol–water partition coefficient (Wildman–Crippen LogP) is 5.97. The van der Waals surface area contributed by atoms with Crippen LogP contribution in [0.5, 0.6) is 0 Å². The van der Waals surface area contributed by atoms with Gasteiger partial charge >= 0.3 is 0 Å². The van der Waals surface area contributed by atoms with E-state index < -0.39 is 0 Å². The van der Waals surface area contributed by atoms with Gasteiger partial charge in [-0.2, -0.15) is 0 Å². The fourth-order valence-electron chi connectivity index (χ4n) is 9.70. The molecule has 0 aromatic carbocycles. The number of hydrogen-bond donors (Lipinski definition) is 3. The van der Waals surface area contributed by atoms with Crippen LogP contribution in [0.4, 0.5) is 0 Å². The molecule has 4 aliphatic rings. The Hall–Kier alpha value is -0.380. The van der Waals surface area contributed by atoms with Crippen molar-refractivity contribution >= 4 is 0 Å². The second-order valence-electron chi connectivity index (χ2n) is 13.0. The zero-order valence-corrected chi connectivity index (χ0v) is 21.4. The van der Waals surface area contributed by atoms with Gasteiger partial charge in [0.15, 0.2) is 0 Å². The van der Waals surface area contributed by atoms with Crippen LogP contribution in [0.25, 0.3) is 0 Å². The minimum Gasteiger partial charge on any atom is -0.393 e. The van der Waals surface area contributed by atoms with Crippen molar-refractivity contribution in [3.63, 3.8) is 0 Å². The lowest BCUT2D eigenvalue weighted by atomic mass is 9.43. The van der Waals surface area contributed by atoms with Crippen molar-refractivity contribution in [1.82, 2.24) is 0 Å². The quantitative estimate of drug-likeness (QED) is 0.441. The predicted molar refractivity (Wildman–Crippen MR) is 131 cm³/mol. The Balaban J connectivity index is 1.55. The molecular formula is C29H50O3. The van der Waals surface area contributed by atoms with E-state index in [0.29, 0.717) is 35.5 Å². The molecule has 0 aromatic rings. The molecule has 0 radical (unpaired) electrons. The van der Waals surface area contributed by atoms with Crippen molar-refractivity contribution in [2.45, 2.75) is 117 Å². The lowest BCUT2D eigenvalue weighted by Crippen LogP contribution is -2.59. The molecular weight excluding hydrogens is 396 g/mol. The van der Waals surface area contributed by atoms with E-state index in [1.165, 1.54) is 18.4 Å². The third-order valence-electron chi connectivity index (χ3n) is 11.6. The molecule has 3 nitrogen and oxygen atoms in total. The molecule has 0 bridgehead atoms. The molecule has 3 heteroatoms. The first kappa shape index (κ1) is 24.7. The van der Waals surface area contributed by atoms with Crippen LogP contribution < -0.4 is 0 Å². The number of allylic oxidation sites excluding steroid dienone is 1. The Bertz CT molecular complexity index is 690. The molecule has 4 aliphatic carbocycles. The molecule has 0 heterocycles. The number of aliphatic hydroxyl groups excluding tert-OH is 3. The molecule has 184 valence electrons.